The Labute approximate surface area is 239 Å². The third kappa shape index (κ3) is 6.33. The number of aliphatic hydroxyl groups is 1. The summed E-state index contributed by atoms with van der Waals surface area (Å²) in [7, 11) is -3.83. The summed E-state index contributed by atoms with van der Waals surface area (Å²) < 4.78 is 35.1. The first-order chi connectivity index (χ1) is 19.3. The second-order valence-electron chi connectivity index (χ2n) is 12.0. The molecule has 0 unspecified atom stereocenters. The van der Waals surface area contributed by atoms with Crippen LogP contribution in [0.4, 0.5) is 5.69 Å². The number of carbonyl (C=O) groups excluding carboxylic acids is 1. The maximum absolute atomic E-state index is 13.3. The molecule has 2 N–H and O–H groups in total. The van der Waals surface area contributed by atoms with Crippen LogP contribution in [0.5, 0.6) is 5.75 Å². The van der Waals surface area contributed by atoms with Crippen LogP contribution in [0.25, 0.3) is 0 Å². The number of sulfonamides is 1. The molecule has 0 aromatic heterocycles. The summed E-state index contributed by atoms with van der Waals surface area (Å²) in [5.74, 6) is 1.17. The standard InChI is InChI=1S/C32H44N2O5S/c1-3-26-13-6-7-14-30(35)27-18-22(2)28(27)20-34-17-9-8-11-23-10-4-5-12-25(23)21-39-31-16-15-24(19-29(31)34)32(36)33-40(26,37)38/h4-5,10,12,15-16,19,22,26-28,30,35H,3,6-9,11,13-14,17-18,20-21H2,1-2H3,(H,33,36)/t22-,26-,27-,28-,30+/m1/s1. The average molecular weight is 569 g/mol. The highest BCUT2D eigenvalue weighted by molar-refractivity contribution is 7.90. The quantitative estimate of drug-likeness (QED) is 0.475. The van der Waals surface area contributed by atoms with Crippen LogP contribution in [-0.4, -0.2) is 43.9 Å². The molecule has 3 aliphatic rings. The van der Waals surface area contributed by atoms with Crippen molar-refractivity contribution in [3.63, 3.8) is 0 Å². The molecule has 0 saturated heterocycles. The summed E-state index contributed by atoms with van der Waals surface area (Å²) in [6.07, 6.45) is 6.69. The Morgan fingerprint density at radius 2 is 1.80 bits per heavy atom. The average Bonchev–Trinajstić information content (AvgIpc) is 2.96. The molecule has 2 bridgehead atoms. The zero-order valence-corrected chi connectivity index (χ0v) is 24.7. The molecule has 2 aromatic rings. The van der Waals surface area contributed by atoms with Gasteiger partial charge in [-0.15, -0.1) is 0 Å². The Kier molecular flexibility index (Phi) is 9.05. The predicted octanol–water partition coefficient (Wildman–Crippen LogP) is 5.45. The number of hydrogen-bond acceptors (Lipinski definition) is 6. The van der Waals surface area contributed by atoms with Gasteiger partial charge in [0.05, 0.1) is 17.0 Å². The number of carbonyl (C=O) groups is 1. The van der Waals surface area contributed by atoms with E-state index in [1.165, 1.54) is 5.56 Å². The van der Waals surface area contributed by atoms with Crippen LogP contribution in [0, 0.1) is 17.8 Å². The highest BCUT2D eigenvalue weighted by atomic mass is 32.2. The minimum atomic E-state index is -3.83. The van der Waals surface area contributed by atoms with Crippen molar-refractivity contribution in [2.45, 2.75) is 89.6 Å². The van der Waals surface area contributed by atoms with Crippen molar-refractivity contribution in [1.82, 2.24) is 4.72 Å². The highest BCUT2D eigenvalue weighted by Crippen LogP contribution is 2.45. The topological polar surface area (TPSA) is 95.9 Å². The minimum absolute atomic E-state index is 0.229. The van der Waals surface area contributed by atoms with Crippen molar-refractivity contribution in [1.29, 1.82) is 0 Å². The normalized spacial score (nSPS) is 29.4. The first kappa shape index (κ1) is 28.9. The van der Waals surface area contributed by atoms with Crippen LogP contribution < -0.4 is 14.4 Å². The van der Waals surface area contributed by atoms with Gasteiger partial charge in [-0.05, 0) is 92.0 Å². The monoisotopic (exact) mass is 568 g/mol. The van der Waals surface area contributed by atoms with Crippen LogP contribution in [0.3, 0.4) is 0 Å². The smallest absolute Gasteiger partial charge is 0.264 e. The second-order valence-corrected chi connectivity index (χ2v) is 14.0. The van der Waals surface area contributed by atoms with Crippen LogP contribution >= 0.6 is 0 Å². The predicted molar refractivity (Wildman–Crippen MR) is 158 cm³/mol. The van der Waals surface area contributed by atoms with Crippen molar-refractivity contribution in [3.05, 3.63) is 59.2 Å². The van der Waals surface area contributed by atoms with Crippen LogP contribution in [0.15, 0.2) is 42.5 Å². The van der Waals surface area contributed by atoms with Crippen LogP contribution in [0.1, 0.15) is 86.7 Å². The number of benzene rings is 2. The fraction of sp³-hybridized carbons (Fsp3) is 0.594. The van der Waals surface area contributed by atoms with Crippen molar-refractivity contribution in [3.8, 4) is 5.75 Å². The van der Waals surface area contributed by atoms with Gasteiger partial charge in [0.15, 0.2) is 0 Å². The lowest BCUT2D eigenvalue weighted by molar-refractivity contribution is -0.0286. The van der Waals surface area contributed by atoms with Gasteiger partial charge in [0.1, 0.15) is 12.4 Å². The van der Waals surface area contributed by atoms with Gasteiger partial charge in [0.2, 0.25) is 10.0 Å². The molecule has 7 nitrogen and oxygen atoms in total. The summed E-state index contributed by atoms with van der Waals surface area (Å²) >= 11 is 0. The number of rotatable bonds is 1. The van der Waals surface area contributed by atoms with Crippen molar-refractivity contribution >= 4 is 21.6 Å². The Balaban J connectivity index is 1.54. The molecule has 1 saturated carbocycles. The number of fused-ring (bicyclic) bond motifs is 3. The molecule has 1 amide bonds. The number of hydrogen-bond donors (Lipinski definition) is 2. The molecule has 5 atom stereocenters. The van der Waals surface area contributed by atoms with Crippen LogP contribution in [0.2, 0.25) is 0 Å². The van der Waals surface area contributed by atoms with Crippen molar-refractivity contribution in [2.24, 2.45) is 17.8 Å². The summed E-state index contributed by atoms with van der Waals surface area (Å²) in [5, 5.41) is 10.5. The first-order valence-electron chi connectivity index (χ1n) is 15.1. The Morgan fingerprint density at radius 1 is 1.02 bits per heavy atom. The van der Waals surface area contributed by atoms with E-state index in [0.717, 1.165) is 56.4 Å². The zero-order chi connectivity index (χ0) is 28.3. The molecular weight excluding hydrogens is 524 g/mol. The summed E-state index contributed by atoms with van der Waals surface area (Å²) in [4.78, 5) is 15.6. The number of nitrogens with one attached hydrogen (secondary N) is 1. The van der Waals surface area contributed by atoms with E-state index in [1.54, 1.807) is 18.2 Å². The fourth-order valence-corrected chi connectivity index (χ4v) is 8.32. The van der Waals surface area contributed by atoms with Gasteiger partial charge in [0, 0.05) is 18.7 Å². The molecule has 218 valence electrons. The first-order valence-corrected chi connectivity index (χ1v) is 16.6. The largest absolute Gasteiger partial charge is 0.487 e. The zero-order valence-electron chi connectivity index (χ0n) is 23.8. The fourth-order valence-electron chi connectivity index (χ4n) is 6.86. The molecule has 5 rings (SSSR count). The summed E-state index contributed by atoms with van der Waals surface area (Å²) in [6.45, 7) is 6.11. The SMILES string of the molecule is CC[C@@H]1CCCC[C@H](O)[C@@H]2C[C@@H](C)[C@H]2CN2CCCCc3ccccc3COc3ccc(cc32)C(=O)NS1(=O)=O. The summed E-state index contributed by atoms with van der Waals surface area (Å²) in [6, 6.07) is 13.6. The van der Waals surface area contributed by atoms with Crippen molar-refractivity contribution < 1.29 is 23.1 Å². The van der Waals surface area contributed by atoms with Crippen molar-refractivity contribution in [2.75, 3.05) is 18.0 Å². The number of aryl methyl sites for hydroxylation is 1. The summed E-state index contributed by atoms with van der Waals surface area (Å²) in [5.41, 5.74) is 3.58. The molecular formula is C32H44N2O5S. The van der Waals surface area contributed by atoms with E-state index in [4.69, 9.17) is 4.74 Å². The number of ether oxygens (including phenoxy) is 1. The Hall–Kier alpha value is -2.58. The lowest BCUT2D eigenvalue weighted by Crippen LogP contribution is -2.48. The van der Waals surface area contributed by atoms with E-state index in [0.29, 0.717) is 55.4 Å². The molecule has 0 radical (unpaired) electrons. The van der Waals surface area contributed by atoms with Gasteiger partial charge >= 0.3 is 0 Å². The molecule has 0 spiro atoms. The molecule has 2 aliphatic heterocycles. The molecule has 2 heterocycles. The van der Waals surface area contributed by atoms with Gasteiger partial charge < -0.3 is 14.7 Å². The van der Waals surface area contributed by atoms with E-state index in [2.05, 4.69) is 34.7 Å². The van der Waals surface area contributed by atoms with Gasteiger partial charge in [0.25, 0.3) is 5.91 Å². The second kappa shape index (κ2) is 12.5. The molecule has 1 aliphatic carbocycles. The highest BCUT2D eigenvalue weighted by Gasteiger charge is 2.43. The number of aliphatic hydroxyl groups excluding tert-OH is 1. The van der Waals surface area contributed by atoms with E-state index < -0.39 is 21.2 Å². The van der Waals surface area contributed by atoms with E-state index in [9.17, 15) is 18.3 Å². The number of amides is 1. The van der Waals surface area contributed by atoms with Gasteiger partial charge in [-0.3, -0.25) is 4.79 Å². The van der Waals surface area contributed by atoms with E-state index in [1.807, 2.05) is 13.0 Å². The third-order valence-corrected chi connectivity index (χ3v) is 11.4. The van der Waals surface area contributed by atoms with Gasteiger partial charge in [-0.2, -0.15) is 0 Å². The van der Waals surface area contributed by atoms with Gasteiger partial charge in [-0.1, -0.05) is 51.0 Å². The minimum Gasteiger partial charge on any atom is -0.487 e. The lowest BCUT2D eigenvalue weighted by atomic mass is 9.62. The van der Waals surface area contributed by atoms with E-state index in [-0.39, 0.29) is 12.0 Å². The molecule has 1 fully saturated rings. The maximum atomic E-state index is 13.3. The lowest BCUT2D eigenvalue weighted by Gasteiger charge is -2.48. The number of anilines is 1. The van der Waals surface area contributed by atoms with E-state index >= 15 is 0 Å². The third-order valence-electron chi connectivity index (χ3n) is 9.44. The number of nitrogens with zero attached hydrogens (tertiary/aromatic N) is 1. The maximum Gasteiger partial charge on any atom is 0.264 e. The molecule has 2 aromatic carbocycles. The van der Waals surface area contributed by atoms with Crippen LogP contribution in [-0.2, 0) is 23.1 Å². The Morgan fingerprint density at radius 3 is 2.58 bits per heavy atom. The van der Waals surface area contributed by atoms with Gasteiger partial charge in [-0.25, -0.2) is 13.1 Å². The Bertz CT molecular complexity index is 1300. The molecule has 8 heteroatoms. The molecule has 40 heavy (non-hydrogen) atoms.